The fourth-order valence-electron chi connectivity index (χ4n) is 4.64. The number of carbonyl (C=O) groups is 3. The normalized spacial score (nSPS) is 14.7. The predicted molar refractivity (Wildman–Crippen MR) is 130 cm³/mol. The van der Waals surface area contributed by atoms with Gasteiger partial charge in [0.15, 0.2) is 5.76 Å². The summed E-state index contributed by atoms with van der Waals surface area (Å²) in [6.45, 7) is 0.845. The molecule has 4 heterocycles. The van der Waals surface area contributed by atoms with Crippen molar-refractivity contribution in [3.05, 3.63) is 106 Å². The van der Waals surface area contributed by atoms with Crippen molar-refractivity contribution in [2.24, 2.45) is 0 Å². The number of nitrogens with zero attached hydrogens (tertiary/aromatic N) is 4. The predicted octanol–water partition coefficient (Wildman–Crippen LogP) is 4.38. The van der Waals surface area contributed by atoms with Crippen LogP contribution in [0, 0.1) is 0 Å². The summed E-state index contributed by atoms with van der Waals surface area (Å²) < 4.78 is 5.60. The van der Waals surface area contributed by atoms with Gasteiger partial charge < -0.3 is 9.42 Å². The van der Waals surface area contributed by atoms with Gasteiger partial charge in [0, 0.05) is 34.5 Å². The van der Waals surface area contributed by atoms with Crippen molar-refractivity contribution in [2.75, 3.05) is 6.54 Å². The lowest BCUT2D eigenvalue weighted by Gasteiger charge is -2.26. The van der Waals surface area contributed by atoms with Crippen LogP contribution >= 0.6 is 11.6 Å². The molecule has 0 unspecified atom stereocenters. The molecule has 2 aliphatic rings. The minimum Gasteiger partial charge on any atom is -0.356 e. The first-order valence-electron chi connectivity index (χ1n) is 11.4. The van der Waals surface area contributed by atoms with E-state index in [2.05, 4.69) is 10.1 Å². The molecule has 8 nitrogen and oxygen atoms in total. The standard InChI is InChI=1S/C27H19ClN4O4/c28-18-7-4-16(5-8-18)24-21-10-12-31(15-23(21)30-36-24)25(33)17-6-9-20-22(13-17)27(35)32(26(20)34)14-19-3-1-2-11-29-19/h1-9,11,13H,10,12,14-15H2. The number of hydrogen-bond acceptors (Lipinski definition) is 6. The van der Waals surface area contributed by atoms with Gasteiger partial charge in [0.2, 0.25) is 0 Å². The van der Waals surface area contributed by atoms with E-state index in [9.17, 15) is 14.4 Å². The number of benzene rings is 2. The van der Waals surface area contributed by atoms with Crippen molar-refractivity contribution in [1.29, 1.82) is 0 Å². The summed E-state index contributed by atoms with van der Waals surface area (Å²) in [7, 11) is 0. The van der Waals surface area contributed by atoms with E-state index in [1.165, 1.54) is 6.07 Å². The van der Waals surface area contributed by atoms with Gasteiger partial charge in [0.25, 0.3) is 17.7 Å². The molecule has 0 aliphatic carbocycles. The van der Waals surface area contributed by atoms with E-state index in [-0.39, 0.29) is 29.5 Å². The summed E-state index contributed by atoms with van der Waals surface area (Å²) in [6, 6.07) is 17.3. The van der Waals surface area contributed by atoms with E-state index in [4.69, 9.17) is 16.1 Å². The Labute approximate surface area is 211 Å². The number of fused-ring (bicyclic) bond motifs is 2. The number of imide groups is 1. The highest BCUT2D eigenvalue weighted by Crippen LogP contribution is 2.32. The SMILES string of the molecule is O=C(c1ccc2c(c1)C(=O)N(Cc1ccccn1)C2=O)N1CCc2c(noc2-c2ccc(Cl)cc2)C1. The maximum absolute atomic E-state index is 13.3. The van der Waals surface area contributed by atoms with Crippen molar-refractivity contribution in [2.45, 2.75) is 19.5 Å². The van der Waals surface area contributed by atoms with Crippen molar-refractivity contribution in [3.63, 3.8) is 0 Å². The van der Waals surface area contributed by atoms with Gasteiger partial charge in [-0.15, -0.1) is 0 Å². The second-order valence-electron chi connectivity index (χ2n) is 8.70. The first-order chi connectivity index (χ1) is 17.5. The van der Waals surface area contributed by atoms with Crippen LogP contribution in [0.2, 0.25) is 5.02 Å². The maximum atomic E-state index is 13.3. The van der Waals surface area contributed by atoms with Crippen molar-refractivity contribution in [3.8, 4) is 11.3 Å². The first kappa shape index (κ1) is 22.2. The molecule has 0 fully saturated rings. The molecule has 178 valence electrons. The van der Waals surface area contributed by atoms with Crippen LogP contribution in [0.5, 0.6) is 0 Å². The average molecular weight is 499 g/mol. The van der Waals surface area contributed by atoms with Gasteiger partial charge in [0.05, 0.1) is 29.9 Å². The Hall–Kier alpha value is -4.30. The first-order valence-corrected chi connectivity index (χ1v) is 11.8. The van der Waals surface area contributed by atoms with Crippen LogP contribution in [-0.2, 0) is 19.5 Å². The third kappa shape index (κ3) is 3.76. The second-order valence-corrected chi connectivity index (χ2v) is 9.13. The van der Waals surface area contributed by atoms with Crippen LogP contribution in [0.3, 0.4) is 0 Å². The van der Waals surface area contributed by atoms with Crippen LogP contribution in [0.25, 0.3) is 11.3 Å². The molecule has 2 aromatic carbocycles. The lowest BCUT2D eigenvalue weighted by Crippen LogP contribution is -2.36. The molecule has 36 heavy (non-hydrogen) atoms. The van der Waals surface area contributed by atoms with E-state index in [0.29, 0.717) is 47.2 Å². The Balaban J connectivity index is 1.21. The minimum atomic E-state index is -0.430. The summed E-state index contributed by atoms with van der Waals surface area (Å²) in [5.41, 5.74) is 4.03. The molecule has 0 atom stereocenters. The molecule has 9 heteroatoms. The maximum Gasteiger partial charge on any atom is 0.261 e. The molecule has 0 saturated heterocycles. The number of aromatic nitrogens is 2. The highest BCUT2D eigenvalue weighted by Gasteiger charge is 2.37. The Bertz CT molecular complexity index is 1510. The van der Waals surface area contributed by atoms with Gasteiger partial charge in [-0.2, -0.15) is 0 Å². The molecule has 2 aromatic heterocycles. The van der Waals surface area contributed by atoms with Gasteiger partial charge in [-0.1, -0.05) is 22.8 Å². The monoisotopic (exact) mass is 498 g/mol. The molecule has 0 saturated carbocycles. The van der Waals surface area contributed by atoms with Gasteiger partial charge in [-0.3, -0.25) is 24.3 Å². The van der Waals surface area contributed by atoms with Crippen LogP contribution in [-0.4, -0.2) is 44.2 Å². The molecule has 4 aromatic rings. The summed E-state index contributed by atoms with van der Waals surface area (Å²) in [6.07, 6.45) is 2.20. The van der Waals surface area contributed by atoms with E-state index < -0.39 is 5.91 Å². The van der Waals surface area contributed by atoms with Crippen LogP contribution in [0.1, 0.15) is 48.0 Å². The highest BCUT2D eigenvalue weighted by atomic mass is 35.5. The van der Waals surface area contributed by atoms with Gasteiger partial charge in [-0.05, 0) is 61.0 Å². The number of hydrogen-bond donors (Lipinski definition) is 0. The second kappa shape index (κ2) is 8.73. The number of pyridine rings is 1. The van der Waals surface area contributed by atoms with Crippen LogP contribution in [0.4, 0.5) is 0 Å². The zero-order valence-corrected chi connectivity index (χ0v) is 19.7. The van der Waals surface area contributed by atoms with E-state index in [1.807, 2.05) is 12.1 Å². The Morgan fingerprint density at radius 2 is 1.81 bits per heavy atom. The Morgan fingerprint density at radius 3 is 2.58 bits per heavy atom. The molecule has 0 radical (unpaired) electrons. The molecular weight excluding hydrogens is 480 g/mol. The van der Waals surface area contributed by atoms with Crippen molar-refractivity contribution < 1.29 is 18.9 Å². The summed E-state index contributed by atoms with van der Waals surface area (Å²) in [5, 5.41) is 4.84. The third-order valence-electron chi connectivity index (χ3n) is 6.50. The van der Waals surface area contributed by atoms with E-state index in [0.717, 1.165) is 16.0 Å². The quantitative estimate of drug-likeness (QED) is 0.387. The lowest BCUT2D eigenvalue weighted by molar-refractivity contribution is 0.0640. The van der Waals surface area contributed by atoms with Crippen molar-refractivity contribution in [1.82, 2.24) is 19.9 Å². The highest BCUT2D eigenvalue weighted by molar-refractivity contribution is 6.30. The lowest BCUT2D eigenvalue weighted by atomic mass is 9.99. The minimum absolute atomic E-state index is 0.0769. The largest absolute Gasteiger partial charge is 0.356 e. The molecule has 6 rings (SSSR count). The van der Waals surface area contributed by atoms with E-state index >= 15 is 0 Å². The topological polar surface area (TPSA) is 96.6 Å². The van der Waals surface area contributed by atoms with E-state index in [1.54, 1.807) is 53.6 Å². The smallest absolute Gasteiger partial charge is 0.261 e. The van der Waals surface area contributed by atoms with Crippen molar-refractivity contribution >= 4 is 29.3 Å². The molecule has 0 spiro atoms. The van der Waals surface area contributed by atoms with Gasteiger partial charge >= 0.3 is 0 Å². The Morgan fingerprint density at radius 1 is 1.00 bits per heavy atom. The molecule has 2 aliphatic heterocycles. The number of amides is 3. The summed E-state index contributed by atoms with van der Waals surface area (Å²) in [4.78, 5) is 46.2. The molecular formula is C27H19ClN4O4. The van der Waals surface area contributed by atoms with Gasteiger partial charge in [-0.25, -0.2) is 0 Å². The summed E-state index contributed by atoms with van der Waals surface area (Å²) >= 11 is 5.99. The van der Waals surface area contributed by atoms with Crippen LogP contribution < -0.4 is 0 Å². The Kier molecular flexibility index (Phi) is 5.38. The number of halogens is 1. The number of carbonyl (C=O) groups excluding carboxylic acids is 3. The molecule has 0 N–H and O–H groups in total. The molecule has 0 bridgehead atoms. The summed E-state index contributed by atoms with van der Waals surface area (Å²) in [5.74, 6) is -0.369. The number of rotatable bonds is 4. The fourth-order valence-corrected chi connectivity index (χ4v) is 4.76. The fraction of sp³-hybridized carbons (Fsp3) is 0.148. The zero-order chi connectivity index (χ0) is 24.8. The molecule has 3 amide bonds. The van der Waals surface area contributed by atoms with Crippen LogP contribution in [0.15, 0.2) is 71.4 Å². The van der Waals surface area contributed by atoms with Gasteiger partial charge in [0.1, 0.15) is 5.69 Å². The average Bonchev–Trinajstić information content (AvgIpc) is 3.43. The zero-order valence-electron chi connectivity index (χ0n) is 19.0. The third-order valence-corrected chi connectivity index (χ3v) is 6.75.